The molecule has 0 aliphatic carbocycles. The number of carbonyl (C=O) groups excluding carboxylic acids is 2. The Labute approximate surface area is 276 Å². The summed E-state index contributed by atoms with van der Waals surface area (Å²) < 4.78 is 31.2. The molecule has 0 saturated heterocycles. The Morgan fingerprint density at radius 3 is 2.06 bits per heavy atom. The summed E-state index contributed by atoms with van der Waals surface area (Å²) in [4.78, 5) is 27.2. The fraction of sp³-hybridized carbons (Fsp3) is 0.278. The zero-order chi connectivity index (χ0) is 34.0. The molecule has 11 heteroatoms. The number of amides is 2. The summed E-state index contributed by atoms with van der Waals surface area (Å²) in [6.45, 7) is 2.74. The van der Waals surface area contributed by atoms with Crippen molar-refractivity contribution >= 4 is 27.5 Å². The molecule has 0 aliphatic rings. The van der Waals surface area contributed by atoms with Crippen LogP contribution in [0.1, 0.15) is 50.4 Å². The highest BCUT2D eigenvalue weighted by atomic mass is 32.2. The predicted molar refractivity (Wildman–Crippen MR) is 183 cm³/mol. The van der Waals surface area contributed by atoms with Gasteiger partial charge in [-0.3, -0.25) is 13.9 Å². The number of aliphatic hydroxyl groups is 1. The Hall–Kier alpha value is -4.71. The van der Waals surface area contributed by atoms with Crippen molar-refractivity contribution in [1.29, 1.82) is 0 Å². The molecule has 0 unspecified atom stereocenters. The molecular formula is C36H43N4O6S+. The van der Waals surface area contributed by atoms with Crippen molar-refractivity contribution < 1.29 is 33.2 Å². The highest BCUT2D eigenvalue weighted by Gasteiger charge is 2.26. The van der Waals surface area contributed by atoms with Crippen molar-refractivity contribution in [1.82, 2.24) is 10.6 Å². The van der Waals surface area contributed by atoms with Gasteiger partial charge in [-0.25, -0.2) is 8.42 Å². The number of rotatable bonds is 15. The van der Waals surface area contributed by atoms with Crippen LogP contribution in [0.15, 0.2) is 103 Å². The van der Waals surface area contributed by atoms with Crippen LogP contribution < -0.4 is 25.0 Å². The Kier molecular flexibility index (Phi) is 12.1. The van der Waals surface area contributed by atoms with Gasteiger partial charge in [-0.2, -0.15) is 0 Å². The highest BCUT2D eigenvalue weighted by Crippen LogP contribution is 2.22. The molecule has 0 bridgehead atoms. The minimum atomic E-state index is -3.70. The molecule has 47 heavy (non-hydrogen) atoms. The third-order valence-corrected chi connectivity index (χ3v) is 9.16. The molecule has 0 radical (unpaired) electrons. The highest BCUT2D eigenvalue weighted by molar-refractivity contribution is 7.92. The molecule has 5 N–H and O–H groups in total. The monoisotopic (exact) mass is 659 g/mol. The number of nitrogens with zero attached hydrogens (tertiary/aromatic N) is 1. The first kappa shape index (κ1) is 35.1. The van der Waals surface area contributed by atoms with Gasteiger partial charge in [-0.05, 0) is 54.8 Å². The van der Waals surface area contributed by atoms with E-state index in [1.54, 1.807) is 7.11 Å². The number of hydrogen-bond acceptors (Lipinski definition) is 6. The van der Waals surface area contributed by atoms with Crippen molar-refractivity contribution in [3.05, 3.63) is 131 Å². The Balaban J connectivity index is 1.58. The molecule has 0 aromatic heterocycles. The number of hydrogen-bond donors (Lipinski definition) is 4. The first-order valence-corrected chi connectivity index (χ1v) is 17.2. The molecule has 4 aromatic carbocycles. The second kappa shape index (κ2) is 16.2. The summed E-state index contributed by atoms with van der Waals surface area (Å²) in [6.07, 6.45) is 0.470. The van der Waals surface area contributed by atoms with Crippen LogP contribution >= 0.6 is 0 Å². The van der Waals surface area contributed by atoms with E-state index in [4.69, 9.17) is 4.74 Å². The van der Waals surface area contributed by atoms with Crippen LogP contribution in [0.25, 0.3) is 0 Å². The lowest BCUT2D eigenvalue weighted by molar-refractivity contribution is -0.676. The van der Waals surface area contributed by atoms with Gasteiger partial charge in [-0.1, -0.05) is 72.8 Å². The number of methoxy groups -OCH3 is 1. The number of benzene rings is 4. The quantitative estimate of drug-likeness (QED) is 0.155. The van der Waals surface area contributed by atoms with Gasteiger partial charge in [-0.15, -0.1) is 0 Å². The van der Waals surface area contributed by atoms with E-state index >= 15 is 0 Å². The first-order chi connectivity index (χ1) is 22.4. The van der Waals surface area contributed by atoms with E-state index in [0.717, 1.165) is 33.0 Å². The van der Waals surface area contributed by atoms with Gasteiger partial charge in [0.05, 0.1) is 31.1 Å². The number of sulfonamides is 1. The van der Waals surface area contributed by atoms with Gasteiger partial charge in [0.15, 0.2) is 0 Å². The minimum absolute atomic E-state index is 0.0844. The molecular weight excluding hydrogens is 616 g/mol. The van der Waals surface area contributed by atoms with E-state index in [1.165, 1.54) is 25.2 Å². The zero-order valence-corrected chi connectivity index (χ0v) is 27.9. The summed E-state index contributed by atoms with van der Waals surface area (Å²) in [6, 6.07) is 29.9. The second-order valence-electron chi connectivity index (χ2n) is 11.5. The topological polar surface area (TPSA) is 142 Å². The van der Waals surface area contributed by atoms with Gasteiger partial charge in [0.25, 0.3) is 11.8 Å². The van der Waals surface area contributed by atoms with Crippen LogP contribution in [0, 0.1) is 0 Å². The summed E-state index contributed by atoms with van der Waals surface area (Å²) in [5.41, 5.74) is 3.21. The molecule has 3 atom stereocenters. The number of nitrogens with one attached hydrogen (secondary N) is 2. The smallest absolute Gasteiger partial charge is 0.251 e. The fourth-order valence-corrected chi connectivity index (χ4v) is 5.63. The Morgan fingerprint density at radius 2 is 1.45 bits per heavy atom. The maximum absolute atomic E-state index is 13.8. The van der Waals surface area contributed by atoms with Crippen molar-refractivity contribution in [2.24, 2.45) is 0 Å². The van der Waals surface area contributed by atoms with E-state index in [9.17, 15) is 23.1 Å². The Morgan fingerprint density at radius 1 is 0.851 bits per heavy atom. The molecule has 248 valence electrons. The molecule has 2 amide bonds. The van der Waals surface area contributed by atoms with Gasteiger partial charge in [0.2, 0.25) is 10.0 Å². The van der Waals surface area contributed by atoms with Crippen molar-refractivity contribution in [3.63, 3.8) is 0 Å². The zero-order valence-electron chi connectivity index (χ0n) is 27.1. The SMILES string of the molecule is COc1cccc(C[NH2+]C[C@@H](O)[C@H](Cc2ccccc2)NC(=O)c2cc(C(=O)N[C@H](C)c3ccccc3)cc(N(C)S(C)(=O)=O)c2)c1. The van der Waals surface area contributed by atoms with Crippen LogP contribution in [0.2, 0.25) is 0 Å². The number of aliphatic hydroxyl groups excluding tert-OH is 1. The van der Waals surface area contributed by atoms with E-state index in [-0.39, 0.29) is 22.9 Å². The molecule has 0 saturated carbocycles. The van der Waals surface area contributed by atoms with Crippen LogP contribution in [-0.2, 0) is 23.0 Å². The second-order valence-corrected chi connectivity index (χ2v) is 13.5. The summed E-state index contributed by atoms with van der Waals surface area (Å²) in [5.74, 6) is -0.268. The lowest BCUT2D eigenvalue weighted by atomic mass is 10.00. The molecule has 0 aliphatic heterocycles. The number of nitrogens with two attached hydrogens (primary N) is 1. The predicted octanol–water partition coefficient (Wildman–Crippen LogP) is 3.05. The fourth-order valence-electron chi connectivity index (χ4n) is 5.14. The summed E-state index contributed by atoms with van der Waals surface area (Å²) in [7, 11) is -0.732. The lowest BCUT2D eigenvalue weighted by Crippen LogP contribution is -2.85. The maximum Gasteiger partial charge on any atom is 0.251 e. The molecule has 4 rings (SSSR count). The standard InChI is InChI=1S/C36H42N4O6S/c1-25(28-15-9-6-10-16-28)38-35(42)29-20-30(22-31(21-29)40(2)47(4,44)45)36(43)39-33(19-26-12-7-5-8-13-26)34(41)24-37-23-27-14-11-17-32(18-27)46-3/h5-18,20-22,25,33-34,37,41H,19,23-24H2,1-4H3,(H,38,42)(H,39,43)/p+1/t25-,33+,34-/m1/s1. The van der Waals surface area contributed by atoms with E-state index in [1.807, 2.05) is 97.2 Å². The number of quaternary nitrogens is 1. The van der Waals surface area contributed by atoms with E-state index in [0.29, 0.717) is 19.5 Å². The normalized spacial score (nSPS) is 13.2. The average Bonchev–Trinajstić information content (AvgIpc) is 3.07. The molecule has 0 fully saturated rings. The third-order valence-electron chi connectivity index (χ3n) is 7.95. The van der Waals surface area contributed by atoms with Gasteiger partial charge in [0.1, 0.15) is 24.9 Å². The van der Waals surface area contributed by atoms with Crippen LogP contribution in [0.3, 0.4) is 0 Å². The Bertz CT molecular complexity index is 1750. The largest absolute Gasteiger partial charge is 0.497 e. The van der Waals surface area contributed by atoms with Crippen molar-refractivity contribution in [2.75, 3.05) is 31.3 Å². The average molecular weight is 660 g/mol. The van der Waals surface area contributed by atoms with Gasteiger partial charge < -0.3 is 25.8 Å². The number of ether oxygens (including phenoxy) is 1. The lowest BCUT2D eigenvalue weighted by Gasteiger charge is -2.24. The van der Waals surface area contributed by atoms with Gasteiger partial charge >= 0.3 is 0 Å². The first-order valence-electron chi connectivity index (χ1n) is 15.4. The van der Waals surface area contributed by atoms with Crippen LogP contribution in [0.5, 0.6) is 5.75 Å². The van der Waals surface area contributed by atoms with Crippen molar-refractivity contribution in [2.45, 2.75) is 38.1 Å². The van der Waals surface area contributed by atoms with Crippen molar-refractivity contribution in [3.8, 4) is 5.75 Å². The number of anilines is 1. The molecule has 0 spiro atoms. The molecule has 0 heterocycles. The minimum Gasteiger partial charge on any atom is -0.497 e. The molecule has 4 aromatic rings. The molecule has 10 nitrogen and oxygen atoms in total. The number of carbonyl (C=O) groups is 2. The summed E-state index contributed by atoms with van der Waals surface area (Å²) >= 11 is 0. The van der Waals surface area contributed by atoms with E-state index in [2.05, 4.69) is 10.6 Å². The van der Waals surface area contributed by atoms with Gasteiger partial charge in [0, 0.05) is 23.7 Å². The van der Waals surface area contributed by atoms with Crippen LogP contribution in [0.4, 0.5) is 5.69 Å². The third kappa shape index (κ3) is 10.1. The summed E-state index contributed by atoms with van der Waals surface area (Å²) in [5, 5.41) is 19.2. The maximum atomic E-state index is 13.8. The van der Waals surface area contributed by atoms with E-state index < -0.39 is 34.0 Å². The van der Waals surface area contributed by atoms with Crippen LogP contribution in [-0.4, -0.2) is 64.4 Å².